The molecule has 714 valence electrons. The van der Waals surface area contributed by atoms with Crippen LogP contribution in [0.3, 0.4) is 0 Å². The quantitative estimate of drug-likeness (QED) is 0.0382. The van der Waals surface area contributed by atoms with E-state index in [1.54, 1.807) is 6.08 Å². The molecule has 3 aliphatic rings. The van der Waals surface area contributed by atoms with Crippen LogP contribution in [-0.2, 0) is 0 Å². The van der Waals surface area contributed by atoms with Gasteiger partial charge in [-0.25, -0.2) is 0 Å². The van der Waals surface area contributed by atoms with Crippen molar-refractivity contribution < 1.29 is 0 Å². The third-order valence-corrected chi connectivity index (χ3v) is 27.2. The zero-order valence-electron chi connectivity index (χ0n) is 83.7. The Balaban J connectivity index is 0.000000187. The summed E-state index contributed by atoms with van der Waals surface area (Å²) in [5, 5.41) is 4.95. The molecule has 0 amide bonds. The predicted molar refractivity (Wildman–Crippen MR) is 636 cm³/mol. The highest BCUT2D eigenvalue weighted by molar-refractivity contribution is 6.12. The Morgan fingerprint density at radius 3 is 1.52 bits per heavy atom. The van der Waals surface area contributed by atoms with Crippen molar-refractivity contribution in [2.75, 3.05) is 19.6 Å². The van der Waals surface area contributed by atoms with E-state index in [-0.39, 0.29) is 5.41 Å². The first-order valence-corrected chi connectivity index (χ1v) is 50.6. The molecular weight excluding hydrogens is 1780 g/mol. The molecule has 0 fully saturated rings. The molecule has 3 aliphatic carbocycles. The number of hydrogen-bond donors (Lipinski definition) is 0. The Kier molecular flexibility index (Phi) is 30.9. The SMILES string of the molecule is C=C/C(=C\C=C\N(C(=C)/C=C\C1=CC(C)(C)C/C1=C\C=C(/C)n1c2ccccc2c2cc(-c3ccc(-c4ccc(N(c5ccccc5)c5ccccc5)cc4)cc3)ccc21)c1ccc(C2C=CC=CC2)cc1)c1ccccc1.C=C/C=C\C=C\c1ccc(N(/C(C=C)=C/C=C/c2ccccc2)c2ccc(N(C3=CCCC=C3)c3ccc(/C(C=C)=C/C=C/c4ccc5c(c4)c4ccccc4n5-c4ccccc4)cc3)cc2)cc1. The second-order valence-corrected chi connectivity index (χ2v) is 37.6. The molecule has 0 spiro atoms. The molecule has 0 radical (unpaired) electrons. The Labute approximate surface area is 867 Å². The second-order valence-electron chi connectivity index (χ2n) is 37.6. The van der Waals surface area contributed by atoms with Crippen LogP contribution in [0.25, 0.3) is 107 Å². The van der Waals surface area contributed by atoms with Crippen LogP contribution in [-0.4, -0.2) is 9.13 Å². The topological polar surface area (TPSA) is 22.8 Å². The lowest BCUT2D eigenvalue weighted by Gasteiger charge is -2.30. The highest BCUT2D eigenvalue weighted by Crippen LogP contribution is 2.45. The molecule has 0 saturated carbocycles. The molecule has 1 unspecified atom stereocenters. The number of allylic oxidation sites excluding steroid dienone is 30. The van der Waals surface area contributed by atoms with Gasteiger partial charge < -0.3 is 28.7 Å². The summed E-state index contributed by atoms with van der Waals surface area (Å²) in [7, 11) is 0. The van der Waals surface area contributed by atoms with Gasteiger partial charge in [0.05, 0.1) is 22.1 Å². The van der Waals surface area contributed by atoms with Gasteiger partial charge in [0.1, 0.15) is 0 Å². The average molecular weight is 1900 g/mol. The summed E-state index contributed by atoms with van der Waals surface area (Å²) in [5.74, 6) is 0.383. The van der Waals surface area contributed by atoms with Crippen LogP contribution in [0.5, 0.6) is 0 Å². The van der Waals surface area contributed by atoms with E-state index in [0.29, 0.717) is 5.92 Å². The van der Waals surface area contributed by atoms with Crippen LogP contribution in [0.1, 0.15) is 85.8 Å². The molecule has 0 bridgehead atoms. The Morgan fingerprint density at radius 1 is 0.388 bits per heavy atom. The van der Waals surface area contributed by atoms with Crippen molar-refractivity contribution in [2.24, 2.45) is 5.41 Å². The molecule has 15 aromatic carbocycles. The fourth-order valence-corrected chi connectivity index (χ4v) is 19.8. The first-order valence-electron chi connectivity index (χ1n) is 50.6. The molecule has 6 nitrogen and oxygen atoms in total. The Hall–Kier alpha value is -18.4. The van der Waals surface area contributed by atoms with Gasteiger partial charge in [0.25, 0.3) is 0 Å². The Morgan fingerprint density at radius 2 is 0.884 bits per heavy atom. The van der Waals surface area contributed by atoms with Gasteiger partial charge in [-0.3, -0.25) is 0 Å². The summed E-state index contributed by atoms with van der Waals surface area (Å²) < 4.78 is 4.76. The third kappa shape index (κ3) is 23.1. The van der Waals surface area contributed by atoms with Gasteiger partial charge in [-0.15, -0.1) is 0 Å². The summed E-state index contributed by atoms with van der Waals surface area (Å²) in [4.78, 5) is 9.05. The van der Waals surface area contributed by atoms with E-state index >= 15 is 0 Å². The number of anilines is 8. The van der Waals surface area contributed by atoms with Gasteiger partial charge in [0.2, 0.25) is 0 Å². The molecule has 6 heteroatoms. The van der Waals surface area contributed by atoms with Crippen LogP contribution in [0, 0.1) is 5.41 Å². The zero-order valence-corrected chi connectivity index (χ0v) is 83.7. The van der Waals surface area contributed by atoms with Gasteiger partial charge >= 0.3 is 0 Å². The summed E-state index contributed by atoms with van der Waals surface area (Å²) in [6, 6.07) is 136. The number of fused-ring (bicyclic) bond motifs is 6. The number of rotatable bonds is 33. The fourth-order valence-electron chi connectivity index (χ4n) is 19.8. The summed E-state index contributed by atoms with van der Waals surface area (Å²) in [5.41, 5.74) is 35.0. The van der Waals surface area contributed by atoms with Gasteiger partial charge in [-0.05, 0) is 298 Å². The smallest absolute Gasteiger partial charge is 0.0541 e. The number of para-hydroxylation sites is 5. The van der Waals surface area contributed by atoms with Crippen molar-refractivity contribution in [2.45, 2.75) is 52.4 Å². The molecule has 147 heavy (non-hydrogen) atoms. The normalized spacial score (nSPS) is 14.7. The van der Waals surface area contributed by atoms with Crippen molar-refractivity contribution in [3.8, 4) is 27.9 Å². The highest BCUT2D eigenvalue weighted by Gasteiger charge is 2.27. The van der Waals surface area contributed by atoms with Gasteiger partial charge in [0.15, 0.2) is 0 Å². The van der Waals surface area contributed by atoms with Gasteiger partial charge in [-0.1, -0.05) is 417 Å². The minimum Gasteiger partial charge on any atom is -0.318 e. The maximum absolute atomic E-state index is 4.64. The molecule has 0 saturated heterocycles. The lowest BCUT2D eigenvalue weighted by molar-refractivity contribution is 0.499. The van der Waals surface area contributed by atoms with Gasteiger partial charge in [-0.2, -0.15) is 0 Å². The van der Waals surface area contributed by atoms with Crippen molar-refractivity contribution >= 4 is 124 Å². The second kappa shape index (κ2) is 46.6. The van der Waals surface area contributed by atoms with Crippen molar-refractivity contribution in [1.82, 2.24) is 9.13 Å². The van der Waals surface area contributed by atoms with Crippen LogP contribution in [0.2, 0.25) is 0 Å². The van der Waals surface area contributed by atoms with Crippen LogP contribution >= 0.6 is 0 Å². The van der Waals surface area contributed by atoms with E-state index in [0.717, 1.165) is 139 Å². The lowest BCUT2D eigenvalue weighted by Crippen LogP contribution is -2.17. The number of nitrogens with zero attached hydrogens (tertiary/aromatic N) is 6. The van der Waals surface area contributed by atoms with E-state index < -0.39 is 0 Å². The number of hydrogen-bond acceptors (Lipinski definition) is 4. The largest absolute Gasteiger partial charge is 0.318 e. The van der Waals surface area contributed by atoms with E-state index in [9.17, 15) is 0 Å². The molecular formula is C141H120N6. The van der Waals surface area contributed by atoms with Crippen LogP contribution < -0.4 is 19.6 Å². The minimum absolute atomic E-state index is 0.00910. The first-order chi connectivity index (χ1) is 72.3. The monoisotopic (exact) mass is 1900 g/mol. The van der Waals surface area contributed by atoms with E-state index in [1.807, 2.05) is 48.6 Å². The van der Waals surface area contributed by atoms with Crippen molar-refractivity contribution in [3.63, 3.8) is 0 Å². The average Bonchev–Trinajstić information content (AvgIpc) is 1.62. The summed E-state index contributed by atoms with van der Waals surface area (Å²) in [6.45, 7) is 27.8. The number of benzene rings is 15. The summed E-state index contributed by atoms with van der Waals surface area (Å²) >= 11 is 0. The molecule has 1 atom stereocenters. The molecule has 2 heterocycles. The molecule has 17 aromatic rings. The zero-order chi connectivity index (χ0) is 101. The van der Waals surface area contributed by atoms with Crippen molar-refractivity contribution in [1.29, 1.82) is 0 Å². The third-order valence-electron chi connectivity index (χ3n) is 27.2. The van der Waals surface area contributed by atoms with Crippen LogP contribution in [0.4, 0.5) is 45.5 Å². The van der Waals surface area contributed by atoms with Gasteiger partial charge in [0, 0.05) is 108 Å². The van der Waals surface area contributed by atoms with E-state index in [4.69, 9.17) is 0 Å². The maximum atomic E-state index is 4.64. The molecule has 0 aliphatic heterocycles. The van der Waals surface area contributed by atoms with E-state index in [1.165, 1.54) is 82.6 Å². The molecule has 0 N–H and O–H groups in total. The van der Waals surface area contributed by atoms with E-state index in [2.05, 4.69) is 586 Å². The highest BCUT2D eigenvalue weighted by atomic mass is 15.2. The fraction of sp³-hybridized carbons (Fsp3) is 0.0638. The van der Waals surface area contributed by atoms with Crippen LogP contribution in [0.15, 0.2) is 601 Å². The number of aromatic nitrogens is 2. The summed E-state index contributed by atoms with van der Waals surface area (Å²) in [6.07, 6.45) is 65.6. The predicted octanol–water partition coefficient (Wildman–Crippen LogP) is 38.8. The molecule has 20 rings (SSSR count). The Bertz CT molecular complexity index is 8130. The lowest BCUT2D eigenvalue weighted by atomic mass is 9.92. The first kappa shape index (κ1) is 97.5. The standard InChI is InChI=1S/C75H65N3.C66H55N3/c1-6-57(58-22-11-7-12-23-58)26-21-51-76(67-46-41-61(42-47-67)59-24-13-8-14-25-59)55(2)33-35-65-53-75(4,5)54-66(65)36-34-56(3)77-73-32-20-19-31-71(73)72-52-64(45-50-74(72)77)63-39-37-60(38-40-63)62-43-48-70(49-44-62)78(68-27-15-9-16-28-68)69-29-17-10-18-30-69;1-4-7-8-12-25-52-36-41-59(42-37-52)67(56(6-3)33-22-26-51-23-13-9-14-24-51)61-45-47-62(48-46-61)68(57-29-15-10-16-30-57)60-43-39-55(40-44-60)54(5-2)28-21-27-53-38-49-66-64(50-53)63-34-19-20-35-65(63)69(66)58-31-17-11-18-32-58/h6-24,26-53,59H,1-2,25,54H2,3-5H3;4-9,11-15,17-50H,1-3,10,16H2/b35-33-,51-21+,56-34+,57-26+,66-36+;8-7-,25-12+,26-22+,27-21+,54-28+,56-33+. The minimum atomic E-state index is 0.00910. The van der Waals surface area contributed by atoms with Crippen molar-refractivity contribution in [3.05, 3.63) is 635 Å². The maximum Gasteiger partial charge on any atom is 0.0541 e. The molecule has 2 aromatic heterocycles.